The molecule has 2 aromatic carbocycles. The van der Waals surface area contributed by atoms with Crippen LogP contribution in [0.25, 0.3) is 0 Å². The van der Waals surface area contributed by atoms with Crippen LogP contribution in [0.5, 0.6) is 0 Å². The SMILES string of the molecule is C[C@H](NCC(=O)Nc1ccc(S(=O)(=O)N(C)C)cc1)c1ccccc1. The van der Waals surface area contributed by atoms with Gasteiger partial charge in [0, 0.05) is 25.8 Å². The van der Waals surface area contributed by atoms with E-state index in [0.717, 1.165) is 9.87 Å². The van der Waals surface area contributed by atoms with Gasteiger partial charge < -0.3 is 10.6 Å². The molecule has 0 aliphatic rings. The van der Waals surface area contributed by atoms with Gasteiger partial charge in [-0.2, -0.15) is 0 Å². The third-order valence-electron chi connectivity index (χ3n) is 3.79. The average molecular weight is 361 g/mol. The zero-order valence-corrected chi connectivity index (χ0v) is 15.4. The number of anilines is 1. The Labute approximate surface area is 148 Å². The topological polar surface area (TPSA) is 78.5 Å². The van der Waals surface area contributed by atoms with E-state index in [1.165, 1.54) is 26.2 Å². The predicted octanol–water partition coefficient (Wildman–Crippen LogP) is 2.23. The van der Waals surface area contributed by atoms with Crippen molar-refractivity contribution in [1.82, 2.24) is 9.62 Å². The van der Waals surface area contributed by atoms with Crippen molar-refractivity contribution in [2.75, 3.05) is 26.0 Å². The minimum Gasteiger partial charge on any atom is -0.325 e. The Morgan fingerprint density at radius 3 is 2.20 bits per heavy atom. The van der Waals surface area contributed by atoms with Gasteiger partial charge in [0.2, 0.25) is 15.9 Å². The fraction of sp³-hybridized carbons (Fsp3) is 0.278. The van der Waals surface area contributed by atoms with Gasteiger partial charge in [-0.3, -0.25) is 4.79 Å². The molecule has 6 nitrogen and oxygen atoms in total. The third-order valence-corrected chi connectivity index (χ3v) is 5.61. The van der Waals surface area contributed by atoms with Crippen LogP contribution in [0.15, 0.2) is 59.5 Å². The summed E-state index contributed by atoms with van der Waals surface area (Å²) in [5.74, 6) is -0.189. The predicted molar refractivity (Wildman–Crippen MR) is 98.8 cm³/mol. The van der Waals surface area contributed by atoms with Gasteiger partial charge in [0.05, 0.1) is 11.4 Å². The number of amides is 1. The second kappa shape index (κ2) is 8.24. The quantitative estimate of drug-likeness (QED) is 0.793. The summed E-state index contributed by atoms with van der Waals surface area (Å²) in [5.41, 5.74) is 1.66. The molecular formula is C18H23N3O3S. The van der Waals surface area contributed by atoms with E-state index in [2.05, 4.69) is 10.6 Å². The van der Waals surface area contributed by atoms with E-state index < -0.39 is 10.0 Å². The van der Waals surface area contributed by atoms with Gasteiger partial charge in [-0.25, -0.2) is 12.7 Å². The standard InChI is InChI=1S/C18H23N3O3S/c1-14(15-7-5-4-6-8-15)19-13-18(22)20-16-9-11-17(12-10-16)25(23,24)21(2)3/h4-12,14,19H,13H2,1-3H3,(H,20,22)/t14-/m0/s1. The molecule has 1 atom stereocenters. The Morgan fingerprint density at radius 2 is 1.64 bits per heavy atom. The number of nitrogens with zero attached hydrogens (tertiary/aromatic N) is 1. The van der Waals surface area contributed by atoms with Gasteiger partial charge in [-0.1, -0.05) is 30.3 Å². The molecule has 0 spiro atoms. The van der Waals surface area contributed by atoms with Gasteiger partial charge in [-0.15, -0.1) is 0 Å². The Kier molecular flexibility index (Phi) is 6.30. The molecule has 0 bridgehead atoms. The highest BCUT2D eigenvalue weighted by Gasteiger charge is 2.16. The zero-order chi connectivity index (χ0) is 18.4. The summed E-state index contributed by atoms with van der Waals surface area (Å²) in [6, 6.07) is 16.0. The van der Waals surface area contributed by atoms with Crippen LogP contribution in [0.3, 0.4) is 0 Å². The van der Waals surface area contributed by atoms with Crippen LogP contribution in [-0.2, 0) is 14.8 Å². The molecule has 0 saturated carbocycles. The lowest BCUT2D eigenvalue weighted by molar-refractivity contribution is -0.115. The number of hydrogen-bond acceptors (Lipinski definition) is 4. The molecule has 0 heterocycles. The fourth-order valence-corrected chi connectivity index (χ4v) is 3.13. The smallest absolute Gasteiger partial charge is 0.242 e. The van der Waals surface area contributed by atoms with Crippen LogP contribution >= 0.6 is 0 Å². The first kappa shape index (κ1) is 19.1. The molecule has 0 aliphatic carbocycles. The number of benzene rings is 2. The van der Waals surface area contributed by atoms with Gasteiger partial charge in [0.1, 0.15) is 0 Å². The number of hydrogen-bond donors (Lipinski definition) is 2. The van der Waals surface area contributed by atoms with E-state index >= 15 is 0 Å². The van der Waals surface area contributed by atoms with Gasteiger partial charge in [0.25, 0.3) is 0 Å². The number of carbonyl (C=O) groups excluding carboxylic acids is 1. The summed E-state index contributed by atoms with van der Waals surface area (Å²) in [6.07, 6.45) is 0. The Hall–Kier alpha value is -2.22. The normalized spacial score (nSPS) is 12.8. The van der Waals surface area contributed by atoms with Crippen LogP contribution in [0, 0.1) is 0 Å². The van der Waals surface area contributed by atoms with Crippen LogP contribution in [0.2, 0.25) is 0 Å². The molecule has 134 valence electrons. The van der Waals surface area contributed by atoms with Crippen molar-refractivity contribution in [2.45, 2.75) is 17.9 Å². The highest BCUT2D eigenvalue weighted by atomic mass is 32.2. The third kappa shape index (κ3) is 5.12. The summed E-state index contributed by atoms with van der Waals surface area (Å²) >= 11 is 0. The summed E-state index contributed by atoms with van der Waals surface area (Å²) in [7, 11) is -0.512. The monoisotopic (exact) mass is 361 g/mol. The highest BCUT2D eigenvalue weighted by molar-refractivity contribution is 7.89. The minimum atomic E-state index is -3.47. The second-order valence-corrected chi connectivity index (χ2v) is 8.03. The summed E-state index contributed by atoms with van der Waals surface area (Å²) < 4.78 is 25.2. The molecule has 7 heteroatoms. The highest BCUT2D eigenvalue weighted by Crippen LogP contribution is 2.16. The first-order valence-corrected chi connectivity index (χ1v) is 9.35. The largest absolute Gasteiger partial charge is 0.325 e. The second-order valence-electron chi connectivity index (χ2n) is 5.87. The van der Waals surface area contributed by atoms with Crippen molar-refractivity contribution in [1.29, 1.82) is 0 Å². The van der Waals surface area contributed by atoms with Gasteiger partial charge in [0.15, 0.2) is 0 Å². The Bertz CT molecular complexity index is 803. The summed E-state index contributed by atoms with van der Waals surface area (Å²) in [4.78, 5) is 12.2. The molecule has 25 heavy (non-hydrogen) atoms. The van der Waals surface area contributed by atoms with Crippen LogP contribution < -0.4 is 10.6 Å². The Balaban J connectivity index is 1.91. The average Bonchev–Trinajstić information content (AvgIpc) is 2.60. The van der Waals surface area contributed by atoms with E-state index in [9.17, 15) is 13.2 Å². The van der Waals surface area contributed by atoms with Crippen molar-refractivity contribution >= 4 is 21.6 Å². The summed E-state index contributed by atoms with van der Waals surface area (Å²) in [5, 5.41) is 5.90. The lowest BCUT2D eigenvalue weighted by Gasteiger charge is -2.14. The Morgan fingerprint density at radius 1 is 1.04 bits per heavy atom. The number of nitrogens with one attached hydrogen (secondary N) is 2. The van der Waals surface area contributed by atoms with E-state index in [1.807, 2.05) is 37.3 Å². The maximum Gasteiger partial charge on any atom is 0.242 e. The molecule has 0 saturated heterocycles. The molecule has 0 fully saturated rings. The minimum absolute atomic E-state index is 0.0551. The molecule has 0 unspecified atom stereocenters. The van der Waals surface area contributed by atoms with Crippen molar-refractivity contribution in [3.05, 3.63) is 60.2 Å². The van der Waals surface area contributed by atoms with Crippen LogP contribution in [0.4, 0.5) is 5.69 Å². The first-order valence-electron chi connectivity index (χ1n) is 7.91. The maximum atomic E-state index is 12.0. The van der Waals surface area contributed by atoms with Crippen molar-refractivity contribution in [3.8, 4) is 0 Å². The lowest BCUT2D eigenvalue weighted by atomic mass is 10.1. The van der Waals surface area contributed by atoms with E-state index in [1.54, 1.807) is 12.1 Å². The molecule has 0 aliphatic heterocycles. The molecular weight excluding hydrogens is 338 g/mol. The van der Waals surface area contributed by atoms with Crippen LogP contribution in [0.1, 0.15) is 18.5 Å². The molecule has 0 radical (unpaired) electrons. The van der Waals surface area contributed by atoms with Gasteiger partial charge in [-0.05, 0) is 36.8 Å². The van der Waals surface area contributed by atoms with Crippen molar-refractivity contribution < 1.29 is 13.2 Å². The first-order chi connectivity index (χ1) is 11.8. The van der Waals surface area contributed by atoms with Crippen LogP contribution in [-0.4, -0.2) is 39.3 Å². The van der Waals surface area contributed by atoms with E-state index in [0.29, 0.717) is 5.69 Å². The molecule has 1 amide bonds. The molecule has 2 aromatic rings. The number of rotatable bonds is 7. The fourth-order valence-electron chi connectivity index (χ4n) is 2.23. The molecule has 2 N–H and O–H groups in total. The van der Waals surface area contributed by atoms with Crippen molar-refractivity contribution in [3.63, 3.8) is 0 Å². The number of carbonyl (C=O) groups is 1. The van der Waals surface area contributed by atoms with E-state index in [4.69, 9.17) is 0 Å². The van der Waals surface area contributed by atoms with Gasteiger partial charge >= 0.3 is 0 Å². The molecule has 2 rings (SSSR count). The maximum absolute atomic E-state index is 12.0. The van der Waals surface area contributed by atoms with E-state index in [-0.39, 0.29) is 23.4 Å². The summed E-state index contributed by atoms with van der Waals surface area (Å²) in [6.45, 7) is 2.15. The lowest BCUT2D eigenvalue weighted by Crippen LogP contribution is -2.30. The molecule has 0 aromatic heterocycles. The number of sulfonamides is 1. The van der Waals surface area contributed by atoms with Crippen molar-refractivity contribution in [2.24, 2.45) is 0 Å². The zero-order valence-electron chi connectivity index (χ0n) is 14.6.